The molecule has 0 radical (unpaired) electrons. The summed E-state index contributed by atoms with van der Waals surface area (Å²) in [6, 6.07) is 5.00. The second-order valence-electron chi connectivity index (χ2n) is 3.72. The van der Waals surface area contributed by atoms with Crippen LogP contribution >= 0.6 is 35.1 Å². The van der Waals surface area contributed by atoms with Crippen LogP contribution in [0.25, 0.3) is 0 Å². The summed E-state index contributed by atoms with van der Waals surface area (Å²) in [7, 11) is -2.64. The number of alkyl halides is 3. The summed E-state index contributed by atoms with van der Waals surface area (Å²) in [6.07, 6.45) is 0. The number of nitrogens with zero attached hydrogens (tertiary/aromatic N) is 1. The highest BCUT2D eigenvalue weighted by Gasteiger charge is 2.33. The maximum absolute atomic E-state index is 13.1. The fourth-order valence-corrected chi connectivity index (χ4v) is 4.50. The van der Waals surface area contributed by atoms with E-state index in [1.54, 1.807) is 26.0 Å². The van der Waals surface area contributed by atoms with Gasteiger partial charge in [0.05, 0.1) is 4.90 Å². The van der Waals surface area contributed by atoms with E-state index in [2.05, 4.69) is 0 Å². The Morgan fingerprint density at radius 3 is 2.39 bits per heavy atom. The quantitative estimate of drug-likeness (QED) is 0.624. The summed E-state index contributed by atoms with van der Waals surface area (Å²) < 4.78 is 35.5. The molecule has 0 heterocycles. The Morgan fingerprint density at radius 1 is 1.33 bits per heavy atom. The van der Waals surface area contributed by atoms with Crippen LogP contribution in [-0.2, 0) is 10.0 Å². The molecule has 0 fully saturated rings. The van der Waals surface area contributed by atoms with Gasteiger partial charge in [0.25, 0.3) is 10.0 Å². The molecular weight excluding hydrogens is 320 g/mol. The average Bonchev–Trinajstić information content (AvgIpc) is 2.19. The van der Waals surface area contributed by atoms with Crippen molar-refractivity contribution in [3.8, 4) is 0 Å². The van der Waals surface area contributed by atoms with Gasteiger partial charge in [-0.15, -0.1) is 3.71 Å². The number of halogens is 3. The Labute approximate surface area is 120 Å². The van der Waals surface area contributed by atoms with Crippen LogP contribution in [0.1, 0.15) is 11.1 Å². The van der Waals surface area contributed by atoms with Gasteiger partial charge in [-0.3, -0.25) is 0 Å². The third-order valence-electron chi connectivity index (χ3n) is 2.19. The summed E-state index contributed by atoms with van der Waals surface area (Å²) in [5.74, 6) is 0. The minimum Gasteiger partial charge on any atom is -0.206 e. The molecule has 0 saturated carbocycles. The van der Waals surface area contributed by atoms with Crippen LogP contribution in [0.2, 0.25) is 0 Å². The van der Waals surface area contributed by atoms with E-state index in [-0.39, 0.29) is 16.8 Å². The molecule has 0 unspecified atom stereocenters. The van der Waals surface area contributed by atoms with Crippen LogP contribution in [0, 0.1) is 13.8 Å². The van der Waals surface area contributed by atoms with Gasteiger partial charge in [0, 0.05) is 19.0 Å². The second-order valence-corrected chi connectivity index (χ2v) is 8.87. The molecule has 0 N–H and O–H groups in total. The third kappa shape index (κ3) is 3.99. The minimum absolute atomic E-state index is 0.107. The second kappa shape index (κ2) is 5.54. The lowest BCUT2D eigenvalue weighted by Crippen LogP contribution is -2.24. The van der Waals surface area contributed by atoms with E-state index < -0.39 is 13.9 Å². The van der Waals surface area contributed by atoms with Crippen LogP contribution in [0.15, 0.2) is 23.1 Å². The monoisotopic (exact) mass is 331 g/mol. The predicted octanol–water partition coefficient (Wildman–Crippen LogP) is 3.63. The molecule has 102 valence electrons. The summed E-state index contributed by atoms with van der Waals surface area (Å²) in [5.41, 5.74) is 1.36. The first-order valence-electron chi connectivity index (χ1n) is 4.86. The molecule has 1 rings (SSSR count). The van der Waals surface area contributed by atoms with Crippen LogP contribution in [0.3, 0.4) is 0 Å². The first-order chi connectivity index (χ1) is 8.04. The molecule has 0 atom stereocenters. The molecule has 0 aliphatic carbocycles. The number of aryl methyl sites for hydroxylation is 2. The summed E-state index contributed by atoms with van der Waals surface area (Å²) in [6.45, 7) is 3.43. The maximum atomic E-state index is 13.1. The van der Waals surface area contributed by atoms with Crippen LogP contribution in [0.5, 0.6) is 0 Å². The van der Waals surface area contributed by atoms with Crippen molar-refractivity contribution in [2.75, 3.05) is 7.05 Å². The molecule has 1 aromatic rings. The minimum atomic E-state index is -3.84. The van der Waals surface area contributed by atoms with Gasteiger partial charge in [0.1, 0.15) is 0 Å². The molecule has 0 amide bonds. The van der Waals surface area contributed by atoms with Crippen molar-refractivity contribution in [1.29, 1.82) is 0 Å². The van der Waals surface area contributed by atoms with Crippen LogP contribution < -0.4 is 0 Å². The number of sulfonamides is 1. The molecule has 0 aliphatic rings. The van der Waals surface area contributed by atoms with Gasteiger partial charge in [-0.25, -0.2) is 8.42 Å². The van der Waals surface area contributed by atoms with Crippen molar-refractivity contribution in [2.45, 2.75) is 22.7 Å². The van der Waals surface area contributed by atoms with Crippen molar-refractivity contribution in [2.24, 2.45) is 0 Å². The molecule has 3 nitrogen and oxygen atoms in total. The number of hydrogen-bond acceptors (Lipinski definition) is 3. The van der Waals surface area contributed by atoms with E-state index in [1.807, 2.05) is 0 Å². The number of benzene rings is 1. The topological polar surface area (TPSA) is 37.4 Å². The predicted molar refractivity (Wildman–Crippen MR) is 74.0 cm³/mol. The van der Waals surface area contributed by atoms with E-state index in [1.165, 1.54) is 13.1 Å². The van der Waals surface area contributed by atoms with Crippen LogP contribution in [0.4, 0.5) is 4.39 Å². The summed E-state index contributed by atoms with van der Waals surface area (Å²) in [4.78, 5) is 0.107. The number of hydrogen-bond donors (Lipinski definition) is 0. The normalized spacial score (nSPS) is 13.1. The van der Waals surface area contributed by atoms with Crippen molar-refractivity contribution in [3.05, 3.63) is 29.3 Å². The smallest absolute Gasteiger partial charge is 0.206 e. The van der Waals surface area contributed by atoms with Gasteiger partial charge >= 0.3 is 3.92 Å². The Bertz CT molecular complexity index is 543. The lowest BCUT2D eigenvalue weighted by molar-refractivity contribution is 0.504. The van der Waals surface area contributed by atoms with Crippen molar-refractivity contribution >= 4 is 45.2 Å². The average molecular weight is 332 g/mol. The Morgan fingerprint density at radius 2 is 1.89 bits per heavy atom. The molecule has 1 aromatic carbocycles. The first-order valence-corrected chi connectivity index (χ1v) is 7.83. The molecule has 0 aliphatic heterocycles. The molecule has 0 spiro atoms. The van der Waals surface area contributed by atoms with E-state index in [0.29, 0.717) is 5.56 Å². The highest BCUT2D eigenvalue weighted by Crippen LogP contribution is 2.40. The van der Waals surface area contributed by atoms with Gasteiger partial charge in [-0.05, 0) is 31.0 Å². The summed E-state index contributed by atoms with van der Waals surface area (Å²) >= 11 is 10.5. The van der Waals surface area contributed by atoms with Crippen LogP contribution in [-0.4, -0.2) is 23.1 Å². The lowest BCUT2D eigenvalue weighted by atomic mass is 10.2. The van der Waals surface area contributed by atoms with Crippen molar-refractivity contribution < 1.29 is 12.8 Å². The summed E-state index contributed by atoms with van der Waals surface area (Å²) in [5, 5.41) is 0. The fraction of sp³-hybridized carbons (Fsp3) is 0.400. The molecule has 18 heavy (non-hydrogen) atoms. The van der Waals surface area contributed by atoms with Gasteiger partial charge in [0.15, 0.2) is 0 Å². The SMILES string of the molecule is Cc1ccc(C)c(S(=O)(=O)N(C)SC(F)(Cl)Cl)c1. The fourth-order valence-electron chi connectivity index (χ4n) is 1.32. The maximum Gasteiger partial charge on any atom is 0.319 e. The van der Waals surface area contributed by atoms with E-state index in [9.17, 15) is 12.8 Å². The molecule has 0 saturated heterocycles. The third-order valence-corrected chi connectivity index (χ3v) is 5.56. The van der Waals surface area contributed by atoms with E-state index in [4.69, 9.17) is 23.2 Å². The zero-order chi connectivity index (χ0) is 14.1. The standard InChI is InChI=1S/C10H12Cl2FNO2S2/c1-7-4-5-8(2)9(6-7)18(15,16)14(3)17-10(11,12)13/h4-6H,1-3H3. The highest BCUT2D eigenvalue weighted by atomic mass is 35.5. The van der Waals surface area contributed by atoms with Crippen molar-refractivity contribution in [1.82, 2.24) is 3.71 Å². The zero-order valence-electron chi connectivity index (χ0n) is 9.95. The molecule has 8 heteroatoms. The van der Waals surface area contributed by atoms with Gasteiger partial charge in [-0.2, -0.15) is 4.39 Å². The van der Waals surface area contributed by atoms with Crippen molar-refractivity contribution in [3.63, 3.8) is 0 Å². The Balaban J connectivity index is 3.17. The van der Waals surface area contributed by atoms with Gasteiger partial charge in [-0.1, -0.05) is 35.3 Å². The first kappa shape index (κ1) is 16.0. The van der Waals surface area contributed by atoms with Gasteiger partial charge in [0.2, 0.25) is 0 Å². The lowest BCUT2D eigenvalue weighted by Gasteiger charge is -2.20. The Hall–Kier alpha value is -0.0100. The van der Waals surface area contributed by atoms with Gasteiger partial charge < -0.3 is 0 Å². The van der Waals surface area contributed by atoms with E-state index in [0.717, 1.165) is 9.27 Å². The largest absolute Gasteiger partial charge is 0.319 e. The molecule has 0 aromatic heterocycles. The zero-order valence-corrected chi connectivity index (χ0v) is 13.1. The molecule has 0 bridgehead atoms. The highest BCUT2D eigenvalue weighted by molar-refractivity contribution is 8.10. The Kier molecular flexibility index (Phi) is 4.94. The number of rotatable bonds is 4. The molecular formula is C10H12Cl2FNO2S2. The van der Waals surface area contributed by atoms with E-state index >= 15 is 0 Å².